The molecule has 0 aromatic heterocycles. The van der Waals surface area contributed by atoms with Crippen LogP contribution < -0.4 is 5.30 Å². The molecule has 0 nitrogen and oxygen atoms in total. The average Bonchev–Trinajstić information content (AvgIpc) is 3.55. The van der Waals surface area contributed by atoms with Gasteiger partial charge in [0.15, 0.2) is 0 Å². The van der Waals surface area contributed by atoms with Gasteiger partial charge in [0.1, 0.15) is 0 Å². The van der Waals surface area contributed by atoms with E-state index in [4.69, 9.17) is 0 Å². The first-order valence-electron chi connectivity index (χ1n) is 20.7. The SMILES string of the molecule is CC(C)(C)C1CCC2CCCCC21.CC(C)c1cc(C(C)C)c(-c2ccccc2[PH+](C2CCCCC2)C2CCCCC2)c(C(C)C)c1.[CH3-].[Cl][Pd+]. The molecular formula is C47H77ClPPd+. The third-order valence-corrected chi connectivity index (χ3v) is 17.1. The molecular weight excluding hydrogens is 737 g/mol. The van der Waals surface area contributed by atoms with Gasteiger partial charge in [-0.1, -0.05) is 125 Å². The van der Waals surface area contributed by atoms with E-state index >= 15 is 0 Å². The van der Waals surface area contributed by atoms with Crippen molar-refractivity contribution in [2.75, 3.05) is 0 Å². The zero-order valence-corrected chi connectivity index (χ0v) is 37.4. The minimum atomic E-state index is -0.610. The molecule has 286 valence electrons. The number of fused-ring (bicyclic) bond motifs is 1. The predicted molar refractivity (Wildman–Crippen MR) is 226 cm³/mol. The predicted octanol–water partition coefficient (Wildman–Crippen LogP) is 15.6. The van der Waals surface area contributed by atoms with E-state index in [9.17, 15) is 0 Å². The topological polar surface area (TPSA) is 0 Å². The summed E-state index contributed by atoms with van der Waals surface area (Å²) >= 11 is 2.22. The second kappa shape index (κ2) is 21.1. The molecule has 3 heteroatoms. The van der Waals surface area contributed by atoms with Gasteiger partial charge < -0.3 is 7.43 Å². The number of benzene rings is 2. The molecule has 0 spiro atoms. The maximum atomic E-state index is 4.49. The summed E-state index contributed by atoms with van der Waals surface area (Å²) < 4.78 is 0. The van der Waals surface area contributed by atoms with Crippen molar-refractivity contribution in [2.45, 2.75) is 194 Å². The van der Waals surface area contributed by atoms with E-state index < -0.39 is 7.92 Å². The Morgan fingerprint density at radius 1 is 0.620 bits per heavy atom. The molecule has 50 heavy (non-hydrogen) atoms. The molecule has 4 saturated carbocycles. The Morgan fingerprint density at radius 2 is 1.10 bits per heavy atom. The van der Waals surface area contributed by atoms with Crippen molar-refractivity contribution in [3.05, 3.63) is 60.5 Å². The Labute approximate surface area is 328 Å². The fourth-order valence-corrected chi connectivity index (χ4v) is 15.0. The third kappa shape index (κ3) is 11.2. The van der Waals surface area contributed by atoms with E-state index in [1.165, 1.54) is 108 Å². The molecule has 0 aliphatic heterocycles. The monoisotopic (exact) mass is 813 g/mol. The fourth-order valence-electron chi connectivity index (χ4n) is 10.6. The van der Waals surface area contributed by atoms with Crippen molar-refractivity contribution in [2.24, 2.45) is 23.2 Å². The van der Waals surface area contributed by atoms with Crippen molar-refractivity contribution < 1.29 is 18.2 Å². The number of hydrogen-bond acceptors (Lipinski definition) is 0. The zero-order chi connectivity index (χ0) is 35.7. The van der Waals surface area contributed by atoms with Crippen molar-refractivity contribution >= 4 is 22.8 Å². The summed E-state index contributed by atoms with van der Waals surface area (Å²) in [6.45, 7) is 21.6. The third-order valence-electron chi connectivity index (χ3n) is 13.2. The molecule has 0 N–H and O–H groups in total. The van der Waals surface area contributed by atoms with Crippen LogP contribution in [0.1, 0.15) is 199 Å². The molecule has 2 aromatic carbocycles. The summed E-state index contributed by atoms with van der Waals surface area (Å²) in [7, 11) is 3.88. The van der Waals surface area contributed by atoms with Gasteiger partial charge in [-0.05, 0) is 140 Å². The van der Waals surface area contributed by atoms with Gasteiger partial charge in [-0.2, -0.15) is 0 Å². The van der Waals surface area contributed by atoms with Crippen LogP contribution in [-0.2, 0) is 18.2 Å². The summed E-state index contributed by atoms with van der Waals surface area (Å²) in [5.74, 6) is 4.88. The zero-order valence-electron chi connectivity index (χ0n) is 34.1. The molecule has 6 rings (SSSR count). The Hall–Kier alpha value is -0.178. The number of hydrogen-bond donors (Lipinski definition) is 0. The van der Waals surface area contributed by atoms with E-state index in [1.807, 2.05) is 0 Å². The molecule has 2 aromatic rings. The Balaban J connectivity index is 0.000000353. The van der Waals surface area contributed by atoms with E-state index in [0.717, 1.165) is 29.1 Å². The van der Waals surface area contributed by atoms with Crippen LogP contribution in [-0.4, -0.2) is 11.3 Å². The first-order valence-corrected chi connectivity index (χ1v) is 24.4. The molecule has 0 heterocycles. The van der Waals surface area contributed by atoms with E-state index in [2.05, 4.69) is 126 Å². The maximum absolute atomic E-state index is 4.49. The van der Waals surface area contributed by atoms with Crippen LogP contribution in [0.15, 0.2) is 36.4 Å². The molecule has 0 amide bonds. The Morgan fingerprint density at radius 3 is 1.58 bits per heavy atom. The van der Waals surface area contributed by atoms with Crippen molar-refractivity contribution in [1.82, 2.24) is 0 Å². The van der Waals surface area contributed by atoms with Gasteiger partial charge in [-0.3, -0.25) is 0 Å². The van der Waals surface area contributed by atoms with Crippen LogP contribution >= 0.6 is 17.5 Å². The van der Waals surface area contributed by atoms with Gasteiger partial charge in [0, 0.05) is 13.5 Å². The molecule has 0 saturated heterocycles. The van der Waals surface area contributed by atoms with Crippen LogP contribution in [0, 0.1) is 30.6 Å². The van der Waals surface area contributed by atoms with Gasteiger partial charge >= 0.3 is 27.7 Å². The molecule has 3 atom stereocenters. The van der Waals surface area contributed by atoms with Crippen LogP contribution in [0.3, 0.4) is 0 Å². The van der Waals surface area contributed by atoms with Gasteiger partial charge in [0.2, 0.25) is 0 Å². The second-order valence-corrected chi connectivity index (χ2v) is 21.5. The summed E-state index contributed by atoms with van der Waals surface area (Å²) in [5.41, 5.74) is 10.4. The molecule has 4 fully saturated rings. The Kier molecular flexibility index (Phi) is 18.6. The van der Waals surface area contributed by atoms with Crippen LogP contribution in [0.25, 0.3) is 11.1 Å². The average molecular weight is 815 g/mol. The molecule has 4 aliphatic rings. The van der Waals surface area contributed by atoms with Crippen LogP contribution in [0.5, 0.6) is 0 Å². The van der Waals surface area contributed by atoms with Gasteiger partial charge in [-0.25, -0.2) is 0 Å². The number of rotatable bonds is 7. The van der Waals surface area contributed by atoms with Crippen molar-refractivity contribution in [1.29, 1.82) is 0 Å². The minimum absolute atomic E-state index is 0. The normalized spacial score (nSPS) is 23.2. The van der Waals surface area contributed by atoms with E-state index in [-0.39, 0.29) is 7.43 Å². The number of halogens is 1. The summed E-state index contributed by atoms with van der Waals surface area (Å²) in [4.78, 5) is 0. The van der Waals surface area contributed by atoms with Crippen LogP contribution in [0.2, 0.25) is 0 Å². The van der Waals surface area contributed by atoms with Gasteiger partial charge in [-0.15, -0.1) is 0 Å². The standard InChI is InChI=1S/C33H49P.C13H24.CH3.ClH.Pd/c1-23(2)26-21-30(24(3)4)33(31(22-26)25(5)6)29-19-13-14-20-32(29)34(27-15-9-7-10-16-27)28-17-11-8-12-18-28;1-13(2,3)12-9-8-10-6-4-5-7-11(10)12;;;/h13-14,19-25,27-28H,7-12,15-18H2,1-6H3;10-12H,4-9H2,1-3H3;1H3;1H;/q;;-1;;+2. The molecule has 3 unspecified atom stereocenters. The molecule has 0 bridgehead atoms. The Bertz CT molecular complexity index is 1220. The first-order chi connectivity index (χ1) is 23.5. The van der Waals surface area contributed by atoms with E-state index in [1.54, 1.807) is 27.6 Å². The summed E-state index contributed by atoms with van der Waals surface area (Å²) in [6.07, 6.45) is 23.9. The van der Waals surface area contributed by atoms with Crippen molar-refractivity contribution in [3.63, 3.8) is 0 Å². The first kappa shape index (κ1) is 44.2. The fraction of sp³-hybridized carbons (Fsp3) is 0.723. The van der Waals surface area contributed by atoms with E-state index in [0.29, 0.717) is 23.2 Å². The molecule has 0 radical (unpaired) electrons. The summed E-state index contributed by atoms with van der Waals surface area (Å²) in [6, 6.07) is 14.9. The summed E-state index contributed by atoms with van der Waals surface area (Å²) in [5, 5.41) is 1.78. The molecule has 4 aliphatic carbocycles. The van der Waals surface area contributed by atoms with Gasteiger partial charge in [0.05, 0.1) is 16.6 Å². The second-order valence-electron chi connectivity index (χ2n) is 18.5. The quantitative estimate of drug-likeness (QED) is 0.148. The van der Waals surface area contributed by atoms with Gasteiger partial charge in [0.25, 0.3) is 0 Å². The van der Waals surface area contributed by atoms with Crippen molar-refractivity contribution in [3.8, 4) is 11.1 Å². The van der Waals surface area contributed by atoms with Crippen LogP contribution in [0.4, 0.5) is 0 Å².